The van der Waals surface area contributed by atoms with Crippen molar-refractivity contribution in [1.29, 1.82) is 0 Å². The minimum atomic E-state index is -3.76. The van der Waals surface area contributed by atoms with Gasteiger partial charge >= 0.3 is 0 Å². The van der Waals surface area contributed by atoms with Gasteiger partial charge in [-0.2, -0.15) is 5.10 Å². The summed E-state index contributed by atoms with van der Waals surface area (Å²) in [5.74, 6) is 0.332. The zero-order valence-electron chi connectivity index (χ0n) is 17.9. The number of benzene rings is 1. The average Bonchev–Trinajstić information content (AvgIpc) is 3.48. The van der Waals surface area contributed by atoms with E-state index in [2.05, 4.69) is 14.4 Å². The fourth-order valence-electron chi connectivity index (χ4n) is 4.09. The van der Waals surface area contributed by atoms with Crippen LogP contribution in [0.25, 0.3) is 11.3 Å². The van der Waals surface area contributed by atoms with Crippen molar-refractivity contribution in [2.24, 2.45) is 0 Å². The number of nitrogens with one attached hydrogen (secondary N) is 1. The maximum atomic E-state index is 13.0. The first-order chi connectivity index (χ1) is 15.0. The van der Waals surface area contributed by atoms with Crippen LogP contribution in [0.5, 0.6) is 5.75 Å². The van der Waals surface area contributed by atoms with Crippen molar-refractivity contribution in [2.45, 2.75) is 56.5 Å². The molecule has 0 atom stereocenters. The molecule has 1 N–H and O–H groups in total. The van der Waals surface area contributed by atoms with E-state index in [-0.39, 0.29) is 11.4 Å². The number of hydrogen-bond acceptors (Lipinski definition) is 5. The highest BCUT2D eigenvalue weighted by molar-refractivity contribution is 7.89. The highest BCUT2D eigenvalue weighted by Gasteiger charge is 2.24. The fourth-order valence-corrected chi connectivity index (χ4v) is 5.31. The van der Waals surface area contributed by atoms with Gasteiger partial charge in [-0.05, 0) is 55.2 Å². The van der Waals surface area contributed by atoms with Gasteiger partial charge in [-0.25, -0.2) is 13.1 Å². The maximum Gasteiger partial charge on any atom is 0.244 e. The predicted octanol–water partition coefficient (Wildman–Crippen LogP) is 4.11. The zero-order chi connectivity index (χ0) is 21.8. The summed E-state index contributed by atoms with van der Waals surface area (Å²) in [6.07, 6.45) is 8.82. The maximum absolute atomic E-state index is 13.0. The fraction of sp³-hybridized carbons (Fsp3) is 0.391. The second-order valence-electron chi connectivity index (χ2n) is 7.80. The molecule has 0 spiro atoms. The number of aryl methyl sites for hydroxylation is 1. The molecular formula is C23H28N4O3S. The number of methoxy groups -OCH3 is 1. The molecule has 1 aromatic carbocycles. The van der Waals surface area contributed by atoms with Crippen molar-refractivity contribution in [1.82, 2.24) is 19.5 Å². The quantitative estimate of drug-likeness (QED) is 0.570. The number of ether oxygens (including phenoxy) is 1. The Morgan fingerprint density at radius 2 is 1.87 bits per heavy atom. The van der Waals surface area contributed by atoms with Crippen molar-refractivity contribution >= 4 is 10.0 Å². The van der Waals surface area contributed by atoms with Gasteiger partial charge in [-0.3, -0.25) is 9.67 Å². The smallest absolute Gasteiger partial charge is 0.244 e. The van der Waals surface area contributed by atoms with E-state index in [1.165, 1.54) is 20.0 Å². The van der Waals surface area contributed by atoms with E-state index in [0.29, 0.717) is 17.5 Å². The van der Waals surface area contributed by atoms with Crippen molar-refractivity contribution in [2.75, 3.05) is 7.11 Å². The first-order valence-electron chi connectivity index (χ1n) is 10.7. The van der Waals surface area contributed by atoms with Crippen LogP contribution >= 0.6 is 0 Å². The summed E-state index contributed by atoms with van der Waals surface area (Å²) >= 11 is 0. The van der Waals surface area contributed by atoms with Crippen LogP contribution in [-0.4, -0.2) is 30.3 Å². The predicted molar refractivity (Wildman–Crippen MR) is 119 cm³/mol. The summed E-state index contributed by atoms with van der Waals surface area (Å²) in [6.45, 7) is 2.10. The average molecular weight is 441 g/mol. The van der Waals surface area contributed by atoms with Gasteiger partial charge in [0.15, 0.2) is 0 Å². The molecule has 2 heterocycles. The number of rotatable bonds is 8. The Balaban J connectivity index is 1.61. The second kappa shape index (κ2) is 9.20. The Labute approximate surface area is 183 Å². The minimum Gasteiger partial charge on any atom is -0.495 e. The monoisotopic (exact) mass is 440 g/mol. The van der Waals surface area contributed by atoms with Gasteiger partial charge in [0, 0.05) is 18.0 Å². The SMILES string of the molecule is CCc1ccc(OC)c(S(=O)(=O)NCc2cc(-c3ccncc3)n(C3CCCC3)n2)c1. The Morgan fingerprint density at radius 1 is 1.13 bits per heavy atom. The number of sulfonamides is 1. The molecular weight excluding hydrogens is 412 g/mol. The molecule has 0 aliphatic heterocycles. The van der Waals surface area contributed by atoms with Gasteiger partial charge < -0.3 is 4.74 Å². The topological polar surface area (TPSA) is 86.1 Å². The lowest BCUT2D eigenvalue weighted by Gasteiger charge is -2.14. The summed E-state index contributed by atoms with van der Waals surface area (Å²) in [4.78, 5) is 4.26. The largest absolute Gasteiger partial charge is 0.495 e. The molecule has 0 bridgehead atoms. The molecule has 1 aliphatic carbocycles. The molecule has 1 saturated carbocycles. The van der Waals surface area contributed by atoms with Crippen LogP contribution in [0, 0.1) is 0 Å². The number of nitrogens with zero attached hydrogens (tertiary/aromatic N) is 3. The Kier molecular flexibility index (Phi) is 6.38. The highest BCUT2D eigenvalue weighted by Crippen LogP contribution is 2.33. The number of hydrogen-bond donors (Lipinski definition) is 1. The Morgan fingerprint density at radius 3 is 2.55 bits per heavy atom. The molecule has 0 radical (unpaired) electrons. The summed E-state index contributed by atoms with van der Waals surface area (Å²) in [5.41, 5.74) is 3.65. The van der Waals surface area contributed by atoms with Crippen molar-refractivity contribution in [3.8, 4) is 17.0 Å². The molecule has 8 heteroatoms. The molecule has 0 amide bonds. The third-order valence-corrected chi connectivity index (χ3v) is 7.22. The molecule has 0 saturated heterocycles. The van der Waals surface area contributed by atoms with Crippen molar-refractivity contribution < 1.29 is 13.2 Å². The molecule has 1 aliphatic rings. The molecule has 164 valence electrons. The Hall–Kier alpha value is -2.71. The van der Waals surface area contributed by atoms with Gasteiger partial charge in [0.1, 0.15) is 10.6 Å². The van der Waals surface area contributed by atoms with E-state index < -0.39 is 10.0 Å². The molecule has 2 aromatic heterocycles. The normalized spacial score (nSPS) is 14.8. The number of pyridine rings is 1. The van der Waals surface area contributed by atoms with E-state index >= 15 is 0 Å². The van der Waals surface area contributed by atoms with Crippen LogP contribution in [0.4, 0.5) is 0 Å². The van der Waals surface area contributed by atoms with Gasteiger partial charge in [0.25, 0.3) is 0 Å². The van der Waals surface area contributed by atoms with Gasteiger partial charge in [0.2, 0.25) is 10.0 Å². The molecule has 1 fully saturated rings. The third-order valence-electron chi connectivity index (χ3n) is 5.80. The first-order valence-corrected chi connectivity index (χ1v) is 12.2. The van der Waals surface area contributed by atoms with Gasteiger partial charge in [-0.15, -0.1) is 0 Å². The minimum absolute atomic E-state index is 0.111. The molecule has 0 unspecified atom stereocenters. The van der Waals surface area contributed by atoms with Crippen LogP contribution in [0.1, 0.15) is 49.9 Å². The van der Waals surface area contributed by atoms with Crippen LogP contribution in [-0.2, 0) is 23.0 Å². The third kappa shape index (κ3) is 4.65. The molecule has 7 nitrogen and oxygen atoms in total. The second-order valence-corrected chi connectivity index (χ2v) is 9.54. The standard InChI is InChI=1S/C23H28N4O3S/c1-3-17-8-9-22(30-2)23(14-17)31(28,29)25-16-19-15-21(18-10-12-24-13-11-18)27(26-19)20-6-4-5-7-20/h8-15,20,25H,3-7,16H2,1-2H3. The van der Waals surface area contributed by atoms with Crippen LogP contribution in [0.2, 0.25) is 0 Å². The summed E-state index contributed by atoms with van der Waals surface area (Å²) in [6, 6.07) is 11.5. The van der Waals surface area contributed by atoms with Crippen molar-refractivity contribution in [3.63, 3.8) is 0 Å². The lowest BCUT2D eigenvalue weighted by atomic mass is 10.1. The highest BCUT2D eigenvalue weighted by atomic mass is 32.2. The zero-order valence-corrected chi connectivity index (χ0v) is 18.7. The van der Waals surface area contributed by atoms with E-state index in [9.17, 15) is 8.42 Å². The van der Waals surface area contributed by atoms with E-state index in [0.717, 1.165) is 36.1 Å². The molecule has 4 rings (SSSR count). The summed E-state index contributed by atoms with van der Waals surface area (Å²) in [5, 5.41) is 4.78. The van der Waals surface area contributed by atoms with Gasteiger partial charge in [-0.1, -0.05) is 25.8 Å². The molecule has 31 heavy (non-hydrogen) atoms. The van der Waals surface area contributed by atoms with E-state index in [1.54, 1.807) is 24.5 Å². The van der Waals surface area contributed by atoms with Crippen LogP contribution < -0.4 is 9.46 Å². The van der Waals surface area contributed by atoms with E-state index in [1.807, 2.05) is 31.2 Å². The molecule has 3 aromatic rings. The van der Waals surface area contributed by atoms with Gasteiger partial charge in [0.05, 0.1) is 31.1 Å². The lowest BCUT2D eigenvalue weighted by Crippen LogP contribution is -2.24. The lowest BCUT2D eigenvalue weighted by molar-refractivity contribution is 0.402. The number of aromatic nitrogens is 3. The van der Waals surface area contributed by atoms with Crippen molar-refractivity contribution in [3.05, 3.63) is 60.0 Å². The van der Waals surface area contributed by atoms with E-state index in [4.69, 9.17) is 9.84 Å². The first kappa shape index (κ1) is 21.5. The summed E-state index contributed by atoms with van der Waals surface area (Å²) in [7, 11) is -2.28. The van der Waals surface area contributed by atoms with Crippen LogP contribution in [0.3, 0.4) is 0 Å². The Bertz CT molecular complexity index is 1140. The summed E-state index contributed by atoms with van der Waals surface area (Å²) < 4.78 is 36.1. The van der Waals surface area contributed by atoms with Crippen LogP contribution in [0.15, 0.2) is 53.7 Å².